The third-order valence-corrected chi connectivity index (χ3v) is 9.36. The molecule has 1 heterocycles. The molecule has 0 radical (unpaired) electrons. The second kappa shape index (κ2) is 17.3. The number of Topliss-reactive ketones (excluding diaryl/α,β-unsaturated/α-hetero) is 1. The van der Waals surface area contributed by atoms with Crippen LogP contribution in [0.1, 0.15) is 69.2 Å². The highest BCUT2D eigenvalue weighted by atomic mass is 16.6. The number of rotatable bonds is 15. The van der Waals surface area contributed by atoms with Crippen LogP contribution in [0.5, 0.6) is 0 Å². The Morgan fingerprint density at radius 1 is 0.722 bits per heavy atom. The first-order valence-corrected chi connectivity index (χ1v) is 18.6. The molecule has 0 aliphatic rings. The summed E-state index contributed by atoms with van der Waals surface area (Å²) >= 11 is 0. The van der Waals surface area contributed by atoms with Gasteiger partial charge in [-0.05, 0) is 71.0 Å². The molecule has 5 aromatic carbocycles. The number of ether oxygens (including phenoxy) is 1. The summed E-state index contributed by atoms with van der Waals surface area (Å²) in [7, 11) is 0. The number of benzene rings is 5. The summed E-state index contributed by atoms with van der Waals surface area (Å²) in [6.07, 6.45) is 1.61. The van der Waals surface area contributed by atoms with E-state index in [1.54, 1.807) is 0 Å². The van der Waals surface area contributed by atoms with Crippen LogP contribution in [-0.2, 0) is 21.6 Å². The Morgan fingerprint density at radius 2 is 1.26 bits per heavy atom. The monoisotopic (exact) mass is 720 g/mol. The molecule has 0 saturated heterocycles. The van der Waals surface area contributed by atoms with Crippen LogP contribution in [-0.4, -0.2) is 50.3 Å². The number of ketones is 1. The van der Waals surface area contributed by atoms with Crippen molar-refractivity contribution in [1.82, 2.24) is 30.8 Å². The van der Waals surface area contributed by atoms with Crippen molar-refractivity contribution >= 4 is 11.9 Å². The van der Waals surface area contributed by atoms with Gasteiger partial charge in [-0.1, -0.05) is 153 Å². The zero-order chi connectivity index (χ0) is 38.0. The van der Waals surface area contributed by atoms with Crippen molar-refractivity contribution in [2.75, 3.05) is 6.54 Å². The van der Waals surface area contributed by atoms with E-state index in [4.69, 9.17) is 9.95 Å². The third kappa shape index (κ3) is 8.64. The quantitative estimate of drug-likeness (QED) is 0.102. The molecule has 1 amide bonds. The van der Waals surface area contributed by atoms with Gasteiger partial charge in [-0.25, -0.2) is 9.48 Å². The third-order valence-electron chi connectivity index (χ3n) is 9.36. The molecule has 1 atom stereocenters. The molecule has 54 heavy (non-hydrogen) atoms. The Labute approximate surface area is 317 Å². The van der Waals surface area contributed by atoms with Crippen LogP contribution in [0, 0.1) is 0 Å². The maximum Gasteiger partial charge on any atom is 0.407 e. The summed E-state index contributed by atoms with van der Waals surface area (Å²) in [5.74, 6) is 0.688. The zero-order valence-corrected chi connectivity index (χ0v) is 31.4. The van der Waals surface area contributed by atoms with Crippen LogP contribution in [0.25, 0.3) is 22.5 Å². The van der Waals surface area contributed by atoms with E-state index in [1.165, 1.54) is 0 Å². The van der Waals surface area contributed by atoms with Crippen molar-refractivity contribution in [1.29, 1.82) is 0 Å². The van der Waals surface area contributed by atoms with E-state index in [0.29, 0.717) is 18.8 Å². The molecular weight excluding hydrogens is 673 g/mol. The minimum Gasteiger partial charge on any atom is -0.444 e. The number of nitrogens with one attached hydrogen (secondary N) is 2. The number of amides is 1. The maximum absolute atomic E-state index is 13.1. The van der Waals surface area contributed by atoms with Crippen LogP contribution in [0.4, 0.5) is 4.79 Å². The first kappa shape index (κ1) is 37.8. The lowest BCUT2D eigenvalue weighted by Gasteiger charge is -2.36. The fraction of sp³-hybridized carbons (Fsp3) is 0.267. The highest BCUT2D eigenvalue weighted by molar-refractivity contribution is 5.85. The molecule has 6 aromatic rings. The Kier molecular flexibility index (Phi) is 12.1. The molecule has 0 aliphatic carbocycles. The summed E-state index contributed by atoms with van der Waals surface area (Å²) in [5, 5.41) is 19.9. The number of nitrogens with zero attached hydrogens (tertiary/aromatic N) is 4. The lowest BCUT2D eigenvalue weighted by Crippen LogP contribution is -2.46. The van der Waals surface area contributed by atoms with Crippen molar-refractivity contribution in [2.24, 2.45) is 0 Å². The normalized spacial score (nSPS) is 12.2. The minimum absolute atomic E-state index is 0.0637. The summed E-state index contributed by atoms with van der Waals surface area (Å²) in [5.41, 5.74) is 5.43. The van der Waals surface area contributed by atoms with Gasteiger partial charge in [0.15, 0.2) is 11.6 Å². The molecule has 0 aliphatic heterocycles. The molecule has 9 heteroatoms. The van der Waals surface area contributed by atoms with Crippen molar-refractivity contribution in [3.05, 3.63) is 162 Å². The molecule has 9 nitrogen and oxygen atoms in total. The first-order valence-electron chi connectivity index (χ1n) is 18.6. The Hall–Kier alpha value is -5.93. The van der Waals surface area contributed by atoms with E-state index in [9.17, 15) is 9.59 Å². The number of unbranched alkanes of at least 4 members (excludes halogenated alkanes) is 1. The van der Waals surface area contributed by atoms with Crippen molar-refractivity contribution in [3.8, 4) is 22.5 Å². The van der Waals surface area contributed by atoms with Gasteiger partial charge in [-0.3, -0.25) is 4.79 Å². The van der Waals surface area contributed by atoms with Crippen molar-refractivity contribution in [3.63, 3.8) is 0 Å². The smallest absolute Gasteiger partial charge is 0.407 e. The molecule has 6 rings (SSSR count). The van der Waals surface area contributed by atoms with Crippen LogP contribution in [0.3, 0.4) is 0 Å². The number of carbonyl (C=O) groups is 2. The summed E-state index contributed by atoms with van der Waals surface area (Å²) < 4.78 is 7.34. The van der Waals surface area contributed by atoms with Gasteiger partial charge in [0.05, 0.1) is 6.04 Å². The molecule has 1 unspecified atom stereocenters. The Bertz CT molecular complexity index is 2010. The lowest BCUT2D eigenvalue weighted by atomic mass is 9.77. The van der Waals surface area contributed by atoms with E-state index in [-0.39, 0.29) is 12.3 Å². The number of aromatic nitrogens is 4. The van der Waals surface area contributed by atoms with Crippen LogP contribution in [0.2, 0.25) is 0 Å². The van der Waals surface area contributed by atoms with E-state index >= 15 is 0 Å². The second-order valence-corrected chi connectivity index (χ2v) is 14.4. The van der Waals surface area contributed by atoms with Crippen LogP contribution < -0.4 is 10.6 Å². The second-order valence-electron chi connectivity index (χ2n) is 14.4. The predicted molar refractivity (Wildman–Crippen MR) is 213 cm³/mol. The molecule has 0 bridgehead atoms. The van der Waals surface area contributed by atoms with E-state index in [1.807, 2.05) is 92.2 Å². The number of alkyl carbamates (subject to hydrolysis) is 1. The summed E-state index contributed by atoms with van der Waals surface area (Å²) in [4.78, 5) is 25.5. The van der Waals surface area contributed by atoms with Gasteiger partial charge < -0.3 is 15.4 Å². The van der Waals surface area contributed by atoms with Gasteiger partial charge in [0.1, 0.15) is 11.1 Å². The largest absolute Gasteiger partial charge is 0.444 e. The average Bonchev–Trinajstić information content (AvgIpc) is 3.68. The van der Waals surface area contributed by atoms with Crippen molar-refractivity contribution < 1.29 is 14.3 Å². The highest BCUT2D eigenvalue weighted by Gasteiger charge is 2.42. The first-order chi connectivity index (χ1) is 26.2. The standard InChI is InChI=1S/C45H48N6O3/c1-5-6-26-41(52)40(32-47-43(53)54-44(2,3)4)46-31-33-27-29-34(30-28-33)38-24-16-17-25-39(38)42-48-49-50-51(42)45(35-18-10-7-11-19-35,36-20-12-8-13-21-36)37-22-14-9-15-23-37/h7-25,27-30,40,46H,5-6,26,31-32H2,1-4H3,(H,47,53). The van der Waals surface area contributed by atoms with Gasteiger partial charge >= 0.3 is 6.09 Å². The number of hydrogen-bond donors (Lipinski definition) is 2. The molecular formula is C45H48N6O3. The van der Waals surface area contributed by atoms with Gasteiger partial charge in [-0.2, -0.15) is 0 Å². The van der Waals surface area contributed by atoms with Gasteiger partial charge in [0.25, 0.3) is 0 Å². The predicted octanol–water partition coefficient (Wildman–Crippen LogP) is 8.59. The summed E-state index contributed by atoms with van der Waals surface area (Å²) in [6.45, 7) is 8.09. The molecule has 0 spiro atoms. The lowest BCUT2D eigenvalue weighted by molar-refractivity contribution is -0.121. The van der Waals surface area contributed by atoms with E-state index < -0.39 is 23.3 Å². The fourth-order valence-corrected chi connectivity index (χ4v) is 6.78. The van der Waals surface area contributed by atoms with Gasteiger partial charge in [0.2, 0.25) is 0 Å². The number of tetrazole rings is 1. The molecule has 0 saturated carbocycles. The zero-order valence-electron chi connectivity index (χ0n) is 31.4. The average molecular weight is 721 g/mol. The fourth-order valence-electron chi connectivity index (χ4n) is 6.78. The molecule has 276 valence electrons. The SMILES string of the molecule is CCCCC(=O)C(CNC(=O)OC(C)(C)C)NCc1ccc(-c2ccccc2-c2nnnn2C(c2ccccc2)(c2ccccc2)c2ccccc2)cc1. The minimum atomic E-state index is -0.880. The van der Waals surface area contributed by atoms with Crippen molar-refractivity contribution in [2.45, 2.75) is 70.7 Å². The molecule has 1 aromatic heterocycles. The van der Waals surface area contributed by atoms with Crippen LogP contribution >= 0.6 is 0 Å². The van der Waals surface area contributed by atoms with Gasteiger partial charge in [-0.15, -0.1) is 5.10 Å². The highest BCUT2D eigenvalue weighted by Crippen LogP contribution is 2.43. The van der Waals surface area contributed by atoms with Crippen LogP contribution in [0.15, 0.2) is 140 Å². The topological polar surface area (TPSA) is 111 Å². The van der Waals surface area contributed by atoms with Gasteiger partial charge in [0, 0.05) is 25.1 Å². The molecule has 2 N–H and O–H groups in total. The number of carbonyl (C=O) groups excluding carboxylic acids is 2. The molecule has 0 fully saturated rings. The van der Waals surface area contributed by atoms with E-state index in [2.05, 4.69) is 101 Å². The summed E-state index contributed by atoms with van der Waals surface area (Å²) in [6, 6.07) is 47.0. The Balaban J connectivity index is 1.32. The van der Waals surface area contributed by atoms with E-state index in [0.717, 1.165) is 51.8 Å². The number of hydrogen-bond acceptors (Lipinski definition) is 7. The maximum atomic E-state index is 13.1. The Morgan fingerprint density at radius 3 is 1.80 bits per heavy atom.